The van der Waals surface area contributed by atoms with E-state index in [9.17, 15) is 14.4 Å². The molecule has 0 spiro atoms. The lowest BCUT2D eigenvalue weighted by molar-refractivity contribution is -0.145. The maximum absolute atomic E-state index is 12.0. The molecule has 7 nitrogen and oxygen atoms in total. The highest BCUT2D eigenvalue weighted by atomic mass is 16.4. The minimum absolute atomic E-state index is 0.490. The van der Waals surface area contributed by atoms with E-state index in [1.165, 1.54) is 0 Å². The molecule has 3 N–H and O–H groups in total. The van der Waals surface area contributed by atoms with Crippen molar-refractivity contribution in [1.29, 1.82) is 0 Å². The largest absolute Gasteiger partial charge is 0.481 e. The number of urea groups is 1. The first kappa shape index (κ1) is 16.3. The Kier molecular flexibility index (Phi) is 6.27. The smallest absolute Gasteiger partial charge is 0.326 e. The second-order valence-corrected chi connectivity index (χ2v) is 5.13. The predicted octanol–water partition coefficient (Wildman–Crippen LogP) is 1.14. The van der Waals surface area contributed by atoms with E-state index in [1.54, 1.807) is 4.90 Å². The first-order valence-corrected chi connectivity index (χ1v) is 6.94. The van der Waals surface area contributed by atoms with Crippen molar-refractivity contribution in [1.82, 2.24) is 10.2 Å². The molecule has 0 aromatic carbocycles. The molecule has 114 valence electrons. The van der Waals surface area contributed by atoms with Crippen LogP contribution in [0.15, 0.2) is 0 Å². The summed E-state index contributed by atoms with van der Waals surface area (Å²) in [5.41, 5.74) is 0. The Hall–Kier alpha value is -1.79. The molecule has 2 atom stereocenters. The number of carboxylic acid groups (broad SMARTS) is 2. The number of carbonyl (C=O) groups is 3. The molecule has 0 saturated carbocycles. The van der Waals surface area contributed by atoms with Gasteiger partial charge in [0.1, 0.15) is 6.04 Å². The molecule has 1 saturated heterocycles. The molecule has 0 aliphatic carbocycles. The van der Waals surface area contributed by atoms with E-state index < -0.39 is 30.4 Å². The average molecular weight is 286 g/mol. The lowest BCUT2D eigenvalue weighted by Crippen LogP contribution is -2.49. The predicted molar refractivity (Wildman–Crippen MR) is 71.4 cm³/mol. The number of hydrogen-bond donors (Lipinski definition) is 3. The molecular formula is C13H22N2O5. The fraction of sp³-hybridized carbons (Fsp3) is 0.769. The number of carbonyl (C=O) groups excluding carboxylic acids is 1. The van der Waals surface area contributed by atoms with E-state index in [2.05, 4.69) is 12.2 Å². The maximum Gasteiger partial charge on any atom is 0.326 e. The van der Waals surface area contributed by atoms with Crippen LogP contribution in [0.2, 0.25) is 0 Å². The van der Waals surface area contributed by atoms with Crippen LogP contribution in [0.5, 0.6) is 0 Å². The molecule has 1 aliphatic rings. The Morgan fingerprint density at radius 2 is 1.95 bits per heavy atom. The summed E-state index contributed by atoms with van der Waals surface area (Å²) in [4.78, 5) is 35.1. The van der Waals surface area contributed by atoms with Gasteiger partial charge in [0, 0.05) is 13.1 Å². The number of aliphatic carboxylic acids is 2. The monoisotopic (exact) mass is 286 g/mol. The summed E-state index contributed by atoms with van der Waals surface area (Å²) in [5.74, 6) is -1.98. The highest BCUT2D eigenvalue weighted by Gasteiger charge is 2.26. The molecule has 20 heavy (non-hydrogen) atoms. The van der Waals surface area contributed by atoms with Gasteiger partial charge < -0.3 is 20.4 Å². The maximum atomic E-state index is 12.0. The van der Waals surface area contributed by atoms with Crippen molar-refractivity contribution in [3.8, 4) is 0 Å². The summed E-state index contributed by atoms with van der Waals surface area (Å²) in [6.07, 6.45) is 3.32. The molecular weight excluding hydrogens is 264 g/mol. The molecule has 7 heteroatoms. The Balaban J connectivity index is 2.55. The molecule has 1 heterocycles. The summed E-state index contributed by atoms with van der Waals surface area (Å²) < 4.78 is 0. The van der Waals surface area contributed by atoms with Crippen LogP contribution in [-0.4, -0.2) is 52.2 Å². The third-order valence-corrected chi connectivity index (χ3v) is 3.69. The van der Waals surface area contributed by atoms with Gasteiger partial charge in [-0.15, -0.1) is 0 Å². The van der Waals surface area contributed by atoms with Gasteiger partial charge in [0.15, 0.2) is 0 Å². The van der Waals surface area contributed by atoms with Gasteiger partial charge in [0.2, 0.25) is 0 Å². The van der Waals surface area contributed by atoms with Gasteiger partial charge in [-0.05, 0) is 25.2 Å². The second-order valence-electron chi connectivity index (χ2n) is 5.13. The van der Waals surface area contributed by atoms with Gasteiger partial charge in [-0.3, -0.25) is 4.79 Å². The third kappa shape index (κ3) is 5.07. The van der Waals surface area contributed by atoms with E-state index in [0.717, 1.165) is 25.7 Å². The first-order valence-electron chi connectivity index (χ1n) is 6.94. The van der Waals surface area contributed by atoms with Crippen molar-refractivity contribution >= 4 is 18.0 Å². The van der Waals surface area contributed by atoms with Crippen LogP contribution < -0.4 is 5.32 Å². The zero-order chi connectivity index (χ0) is 15.1. The summed E-state index contributed by atoms with van der Waals surface area (Å²) >= 11 is 0. The lowest BCUT2D eigenvalue weighted by atomic mass is 9.98. The Bertz CT molecular complexity index is 372. The van der Waals surface area contributed by atoms with Gasteiger partial charge in [-0.2, -0.15) is 0 Å². The molecule has 1 fully saturated rings. The Labute approximate surface area is 117 Å². The minimum atomic E-state index is -1.38. The van der Waals surface area contributed by atoms with Crippen LogP contribution in [0.1, 0.15) is 39.0 Å². The van der Waals surface area contributed by atoms with E-state index in [1.807, 2.05) is 0 Å². The van der Waals surface area contributed by atoms with Gasteiger partial charge >= 0.3 is 18.0 Å². The second kappa shape index (κ2) is 7.72. The van der Waals surface area contributed by atoms with Crippen LogP contribution >= 0.6 is 0 Å². The van der Waals surface area contributed by atoms with Crippen molar-refractivity contribution in [3.05, 3.63) is 0 Å². The fourth-order valence-corrected chi connectivity index (χ4v) is 2.39. The molecule has 2 amide bonds. The van der Waals surface area contributed by atoms with Crippen molar-refractivity contribution < 1.29 is 24.6 Å². The average Bonchev–Trinajstić information content (AvgIpc) is 2.62. The van der Waals surface area contributed by atoms with E-state index >= 15 is 0 Å². The third-order valence-electron chi connectivity index (χ3n) is 3.69. The number of nitrogens with one attached hydrogen (secondary N) is 1. The van der Waals surface area contributed by atoms with Gasteiger partial charge in [0.05, 0.1) is 6.42 Å². The summed E-state index contributed by atoms with van der Waals surface area (Å²) in [7, 11) is 0. The molecule has 0 aromatic heterocycles. The minimum Gasteiger partial charge on any atom is -0.481 e. The van der Waals surface area contributed by atoms with Crippen molar-refractivity contribution in [2.24, 2.45) is 5.92 Å². The highest BCUT2D eigenvalue weighted by molar-refractivity contribution is 5.86. The number of rotatable bonds is 5. The summed E-state index contributed by atoms with van der Waals surface area (Å²) in [5, 5.41) is 19.8. The topological polar surface area (TPSA) is 107 Å². The van der Waals surface area contributed by atoms with Crippen LogP contribution in [0.3, 0.4) is 0 Å². The van der Waals surface area contributed by atoms with Crippen LogP contribution in [0.4, 0.5) is 4.79 Å². The van der Waals surface area contributed by atoms with Gasteiger partial charge in [-0.1, -0.05) is 13.3 Å². The quantitative estimate of drug-likeness (QED) is 0.702. The Morgan fingerprint density at radius 1 is 1.25 bits per heavy atom. The fourth-order valence-electron chi connectivity index (χ4n) is 2.39. The number of amides is 2. The number of likely N-dealkylation sites (tertiary alicyclic amines) is 1. The van der Waals surface area contributed by atoms with Crippen molar-refractivity contribution in [2.75, 3.05) is 13.1 Å². The highest BCUT2D eigenvalue weighted by Crippen LogP contribution is 2.20. The molecule has 1 unspecified atom stereocenters. The van der Waals surface area contributed by atoms with Gasteiger partial charge in [-0.25, -0.2) is 9.59 Å². The standard InChI is InChI=1S/C13H22N2O5/c1-2-9-4-3-6-15(7-5-9)13(20)14-10(12(18)19)8-11(16)17/h9-10H,2-8H2,1H3,(H,14,20)(H,16,17)(H,18,19)/t9?,10-/m0/s1. The van der Waals surface area contributed by atoms with Crippen LogP contribution in [-0.2, 0) is 9.59 Å². The molecule has 1 rings (SSSR count). The number of carboxylic acids is 2. The zero-order valence-electron chi connectivity index (χ0n) is 11.7. The summed E-state index contributed by atoms with van der Waals surface area (Å²) in [6, 6.07) is -1.87. The van der Waals surface area contributed by atoms with E-state index in [-0.39, 0.29) is 0 Å². The molecule has 0 bridgehead atoms. The molecule has 0 aromatic rings. The number of nitrogens with zero attached hydrogens (tertiary/aromatic N) is 1. The van der Waals surface area contributed by atoms with Crippen molar-refractivity contribution in [3.63, 3.8) is 0 Å². The van der Waals surface area contributed by atoms with Crippen molar-refractivity contribution in [2.45, 2.75) is 45.1 Å². The summed E-state index contributed by atoms with van der Waals surface area (Å²) in [6.45, 7) is 3.29. The molecule has 0 radical (unpaired) electrons. The number of hydrogen-bond acceptors (Lipinski definition) is 3. The lowest BCUT2D eigenvalue weighted by Gasteiger charge is -2.23. The zero-order valence-corrected chi connectivity index (χ0v) is 11.7. The Morgan fingerprint density at radius 3 is 2.50 bits per heavy atom. The first-order chi connectivity index (χ1) is 9.43. The van der Waals surface area contributed by atoms with Crippen LogP contribution in [0, 0.1) is 5.92 Å². The van der Waals surface area contributed by atoms with E-state index in [0.29, 0.717) is 19.0 Å². The SMILES string of the molecule is CCC1CCCN(C(=O)N[C@@H](CC(=O)O)C(=O)O)CC1. The normalized spacial score (nSPS) is 20.9. The van der Waals surface area contributed by atoms with E-state index in [4.69, 9.17) is 10.2 Å². The van der Waals surface area contributed by atoms with Crippen LogP contribution in [0.25, 0.3) is 0 Å². The van der Waals surface area contributed by atoms with Gasteiger partial charge in [0.25, 0.3) is 0 Å². The molecule has 1 aliphatic heterocycles.